The standard InChI is InChI=1S/C11H23NO2S/c1-3-10-15(13,14)12(2)11-8-6-4-5-7-9-11/h11H,3-10H2,1-2H3. The van der Waals surface area contributed by atoms with Crippen LogP contribution in [0.4, 0.5) is 0 Å². The van der Waals surface area contributed by atoms with Gasteiger partial charge in [-0.1, -0.05) is 32.6 Å². The van der Waals surface area contributed by atoms with Crippen molar-refractivity contribution in [3.63, 3.8) is 0 Å². The Kier molecular flexibility index (Phi) is 5.06. The number of sulfonamides is 1. The normalized spacial score (nSPS) is 20.5. The molecule has 1 fully saturated rings. The summed E-state index contributed by atoms with van der Waals surface area (Å²) in [6.45, 7) is 1.92. The maximum atomic E-state index is 11.9. The molecular weight excluding hydrogens is 210 g/mol. The van der Waals surface area contributed by atoms with Crippen LogP contribution in [0.1, 0.15) is 51.9 Å². The Hall–Kier alpha value is -0.0900. The van der Waals surface area contributed by atoms with E-state index in [1.807, 2.05) is 6.92 Å². The van der Waals surface area contributed by atoms with E-state index in [4.69, 9.17) is 0 Å². The second-order valence-electron chi connectivity index (χ2n) is 4.48. The first-order valence-corrected chi connectivity index (χ1v) is 7.64. The van der Waals surface area contributed by atoms with Crippen molar-refractivity contribution in [2.45, 2.75) is 57.9 Å². The van der Waals surface area contributed by atoms with E-state index in [2.05, 4.69) is 0 Å². The molecule has 0 bridgehead atoms. The van der Waals surface area contributed by atoms with Crippen LogP contribution in [0.2, 0.25) is 0 Å². The van der Waals surface area contributed by atoms with E-state index in [0.29, 0.717) is 12.2 Å². The fourth-order valence-corrected chi connectivity index (χ4v) is 3.72. The van der Waals surface area contributed by atoms with Crippen LogP contribution in [0.3, 0.4) is 0 Å². The third-order valence-electron chi connectivity index (χ3n) is 3.24. The molecule has 1 aliphatic carbocycles. The molecule has 0 aliphatic heterocycles. The molecule has 0 aromatic heterocycles. The van der Waals surface area contributed by atoms with Crippen molar-refractivity contribution in [3.05, 3.63) is 0 Å². The highest BCUT2D eigenvalue weighted by Gasteiger charge is 2.25. The fourth-order valence-electron chi connectivity index (χ4n) is 2.25. The average Bonchev–Trinajstić information content (AvgIpc) is 2.44. The zero-order valence-electron chi connectivity index (χ0n) is 9.91. The Morgan fingerprint density at radius 3 is 2.13 bits per heavy atom. The van der Waals surface area contributed by atoms with Crippen molar-refractivity contribution in [1.29, 1.82) is 0 Å². The summed E-state index contributed by atoms with van der Waals surface area (Å²) < 4.78 is 25.4. The van der Waals surface area contributed by atoms with E-state index < -0.39 is 10.0 Å². The number of hydrogen-bond donors (Lipinski definition) is 0. The van der Waals surface area contributed by atoms with E-state index in [9.17, 15) is 8.42 Å². The molecular formula is C11H23NO2S. The van der Waals surface area contributed by atoms with Gasteiger partial charge in [-0.25, -0.2) is 12.7 Å². The van der Waals surface area contributed by atoms with Gasteiger partial charge in [0.15, 0.2) is 0 Å². The monoisotopic (exact) mass is 233 g/mol. The van der Waals surface area contributed by atoms with Crippen molar-refractivity contribution in [3.8, 4) is 0 Å². The van der Waals surface area contributed by atoms with Gasteiger partial charge >= 0.3 is 0 Å². The maximum absolute atomic E-state index is 11.9. The predicted octanol–water partition coefficient (Wildman–Crippen LogP) is 2.38. The van der Waals surface area contributed by atoms with Crippen LogP contribution < -0.4 is 0 Å². The summed E-state index contributed by atoms with van der Waals surface area (Å²) in [5, 5.41) is 0. The molecule has 0 aromatic rings. The summed E-state index contributed by atoms with van der Waals surface area (Å²) in [5.74, 6) is 0.292. The SMILES string of the molecule is CCCS(=O)(=O)N(C)C1CCCCCC1. The zero-order chi connectivity index (χ0) is 11.3. The highest BCUT2D eigenvalue weighted by atomic mass is 32.2. The van der Waals surface area contributed by atoms with Gasteiger partial charge in [0, 0.05) is 13.1 Å². The Morgan fingerprint density at radius 2 is 1.67 bits per heavy atom. The first-order chi connectivity index (χ1) is 7.08. The van der Waals surface area contributed by atoms with Gasteiger partial charge in [0.05, 0.1) is 5.75 Å². The summed E-state index contributed by atoms with van der Waals surface area (Å²) in [6.07, 6.45) is 7.67. The molecule has 0 N–H and O–H groups in total. The third kappa shape index (κ3) is 3.76. The van der Waals surface area contributed by atoms with E-state index >= 15 is 0 Å². The predicted molar refractivity (Wildman–Crippen MR) is 63.3 cm³/mol. The molecule has 1 saturated carbocycles. The van der Waals surface area contributed by atoms with Crippen LogP contribution in [-0.4, -0.2) is 31.6 Å². The summed E-state index contributed by atoms with van der Waals surface area (Å²) in [4.78, 5) is 0. The minimum atomic E-state index is -2.99. The van der Waals surface area contributed by atoms with Crippen molar-refractivity contribution in [2.75, 3.05) is 12.8 Å². The lowest BCUT2D eigenvalue weighted by atomic mass is 10.1. The topological polar surface area (TPSA) is 37.4 Å². The summed E-state index contributed by atoms with van der Waals surface area (Å²) in [5.41, 5.74) is 0. The fraction of sp³-hybridized carbons (Fsp3) is 1.00. The van der Waals surface area contributed by atoms with Crippen molar-refractivity contribution in [2.24, 2.45) is 0 Å². The van der Waals surface area contributed by atoms with Crippen molar-refractivity contribution in [1.82, 2.24) is 4.31 Å². The number of hydrogen-bond acceptors (Lipinski definition) is 2. The largest absolute Gasteiger partial charge is 0.214 e. The van der Waals surface area contributed by atoms with Crippen LogP contribution in [-0.2, 0) is 10.0 Å². The molecule has 0 spiro atoms. The van der Waals surface area contributed by atoms with Gasteiger partial charge in [-0.15, -0.1) is 0 Å². The van der Waals surface area contributed by atoms with Gasteiger partial charge in [0.2, 0.25) is 10.0 Å². The average molecular weight is 233 g/mol. The maximum Gasteiger partial charge on any atom is 0.214 e. The third-order valence-corrected chi connectivity index (χ3v) is 5.34. The molecule has 1 rings (SSSR count). The van der Waals surface area contributed by atoms with Crippen molar-refractivity contribution >= 4 is 10.0 Å². The van der Waals surface area contributed by atoms with E-state index in [-0.39, 0.29) is 6.04 Å². The molecule has 90 valence electrons. The first-order valence-electron chi connectivity index (χ1n) is 6.03. The number of rotatable bonds is 4. The summed E-state index contributed by atoms with van der Waals surface area (Å²) >= 11 is 0. The van der Waals surface area contributed by atoms with E-state index in [0.717, 1.165) is 12.8 Å². The van der Waals surface area contributed by atoms with Gasteiger partial charge < -0.3 is 0 Å². The van der Waals surface area contributed by atoms with Crippen LogP contribution in [0.5, 0.6) is 0 Å². The molecule has 0 saturated heterocycles. The Balaban J connectivity index is 2.61. The zero-order valence-corrected chi connectivity index (χ0v) is 10.7. The highest BCUT2D eigenvalue weighted by Crippen LogP contribution is 2.23. The molecule has 0 aromatic carbocycles. The second-order valence-corrected chi connectivity index (χ2v) is 6.63. The van der Waals surface area contributed by atoms with Crippen LogP contribution >= 0.6 is 0 Å². The smallest absolute Gasteiger partial charge is 0.212 e. The minimum Gasteiger partial charge on any atom is -0.212 e. The molecule has 15 heavy (non-hydrogen) atoms. The Morgan fingerprint density at radius 1 is 1.13 bits per heavy atom. The molecule has 0 unspecified atom stereocenters. The van der Waals surface area contributed by atoms with Crippen LogP contribution in [0, 0.1) is 0 Å². The highest BCUT2D eigenvalue weighted by molar-refractivity contribution is 7.89. The lowest BCUT2D eigenvalue weighted by Crippen LogP contribution is -2.38. The van der Waals surface area contributed by atoms with Gasteiger partial charge in [-0.05, 0) is 19.3 Å². The van der Waals surface area contributed by atoms with Crippen LogP contribution in [0.25, 0.3) is 0 Å². The second kappa shape index (κ2) is 5.85. The molecule has 0 amide bonds. The molecule has 1 aliphatic rings. The minimum absolute atomic E-state index is 0.254. The van der Waals surface area contributed by atoms with Gasteiger partial charge in [-0.3, -0.25) is 0 Å². The number of nitrogens with zero attached hydrogens (tertiary/aromatic N) is 1. The van der Waals surface area contributed by atoms with Gasteiger partial charge in [0.1, 0.15) is 0 Å². The quantitative estimate of drug-likeness (QED) is 0.699. The molecule has 0 atom stereocenters. The van der Waals surface area contributed by atoms with E-state index in [1.54, 1.807) is 11.4 Å². The summed E-state index contributed by atoms with van der Waals surface area (Å²) in [6, 6.07) is 0.254. The van der Waals surface area contributed by atoms with Gasteiger partial charge in [0.25, 0.3) is 0 Å². The lowest BCUT2D eigenvalue weighted by molar-refractivity contribution is 0.335. The molecule has 3 nitrogen and oxygen atoms in total. The van der Waals surface area contributed by atoms with Crippen LogP contribution in [0.15, 0.2) is 0 Å². The summed E-state index contributed by atoms with van der Waals surface area (Å²) in [7, 11) is -1.24. The molecule has 0 heterocycles. The Labute approximate surface area is 93.9 Å². The molecule has 0 radical (unpaired) electrons. The van der Waals surface area contributed by atoms with Gasteiger partial charge in [-0.2, -0.15) is 0 Å². The van der Waals surface area contributed by atoms with E-state index in [1.165, 1.54) is 25.7 Å². The Bertz CT molecular complexity index is 266. The molecule has 4 heteroatoms. The first kappa shape index (κ1) is 13.0. The lowest BCUT2D eigenvalue weighted by Gasteiger charge is -2.26. The van der Waals surface area contributed by atoms with Crippen molar-refractivity contribution < 1.29 is 8.42 Å².